The van der Waals surface area contributed by atoms with Gasteiger partial charge < -0.3 is 15.1 Å². The first kappa shape index (κ1) is 17.0. The van der Waals surface area contributed by atoms with Crippen molar-refractivity contribution >= 4 is 23.2 Å². The molecule has 2 atom stereocenters. The maximum Gasteiger partial charge on any atom is 0.225 e. The average molecular weight is 323 g/mol. The van der Waals surface area contributed by atoms with Crippen molar-refractivity contribution in [2.75, 3.05) is 34.2 Å². The number of hydrogen-bond acceptors (Lipinski definition) is 4. The Kier molecular flexibility index (Phi) is 5.97. The summed E-state index contributed by atoms with van der Waals surface area (Å²) in [6, 6.07) is 3.85. The molecule has 1 fully saturated rings. The summed E-state index contributed by atoms with van der Waals surface area (Å²) in [6.07, 6.45) is 2.02. The van der Waals surface area contributed by atoms with Crippen LogP contribution in [-0.2, 0) is 9.59 Å². The zero-order valence-electron chi connectivity index (χ0n) is 13.5. The van der Waals surface area contributed by atoms with Crippen molar-refractivity contribution in [3.63, 3.8) is 0 Å². The molecular formula is C16H25N3O2S. The van der Waals surface area contributed by atoms with Crippen LogP contribution in [0.2, 0.25) is 0 Å². The Labute approximate surface area is 136 Å². The van der Waals surface area contributed by atoms with Gasteiger partial charge in [-0.1, -0.05) is 6.07 Å². The molecule has 1 N–H and O–H groups in total. The molecule has 1 aromatic heterocycles. The summed E-state index contributed by atoms with van der Waals surface area (Å²) in [5.74, 6) is 0.0345. The van der Waals surface area contributed by atoms with Gasteiger partial charge in [0.25, 0.3) is 0 Å². The van der Waals surface area contributed by atoms with Crippen LogP contribution >= 0.6 is 11.3 Å². The van der Waals surface area contributed by atoms with Crippen LogP contribution in [0, 0.1) is 5.92 Å². The molecule has 0 radical (unpaired) electrons. The van der Waals surface area contributed by atoms with E-state index < -0.39 is 0 Å². The lowest BCUT2D eigenvalue weighted by Gasteiger charge is -2.37. The number of thiophene rings is 1. The molecule has 0 saturated carbocycles. The standard InChI is InChI=1S/C16H25N3O2S/c1-18(2)10-5-9-17-16(21)12-7-8-14(20)19(3)15(12)13-6-4-11-22-13/h4,6,11-12,15H,5,7-10H2,1-3H3,(H,17,21). The third-order valence-corrected chi connectivity index (χ3v) is 5.06. The van der Waals surface area contributed by atoms with Crippen LogP contribution in [0.3, 0.4) is 0 Å². The van der Waals surface area contributed by atoms with Crippen molar-refractivity contribution in [3.8, 4) is 0 Å². The largest absolute Gasteiger partial charge is 0.356 e. The highest BCUT2D eigenvalue weighted by molar-refractivity contribution is 7.10. The molecule has 2 amide bonds. The van der Waals surface area contributed by atoms with Crippen LogP contribution in [0.4, 0.5) is 0 Å². The number of rotatable bonds is 6. The minimum atomic E-state index is -0.152. The molecule has 5 nitrogen and oxygen atoms in total. The smallest absolute Gasteiger partial charge is 0.225 e. The Morgan fingerprint density at radius 2 is 2.27 bits per heavy atom. The van der Waals surface area contributed by atoms with Crippen molar-refractivity contribution in [1.29, 1.82) is 0 Å². The van der Waals surface area contributed by atoms with Gasteiger partial charge in [-0.15, -0.1) is 11.3 Å². The highest BCUT2D eigenvalue weighted by Gasteiger charge is 2.39. The number of carbonyl (C=O) groups is 2. The van der Waals surface area contributed by atoms with E-state index in [0.29, 0.717) is 19.4 Å². The van der Waals surface area contributed by atoms with Crippen LogP contribution < -0.4 is 5.32 Å². The van der Waals surface area contributed by atoms with Crippen molar-refractivity contribution in [2.24, 2.45) is 5.92 Å². The zero-order chi connectivity index (χ0) is 16.1. The molecule has 22 heavy (non-hydrogen) atoms. The molecule has 6 heteroatoms. The molecule has 0 spiro atoms. The quantitative estimate of drug-likeness (QED) is 0.811. The van der Waals surface area contributed by atoms with Gasteiger partial charge in [0.15, 0.2) is 0 Å². The number of likely N-dealkylation sites (tertiary alicyclic amines) is 1. The maximum absolute atomic E-state index is 12.5. The Morgan fingerprint density at radius 1 is 1.50 bits per heavy atom. The highest BCUT2D eigenvalue weighted by Crippen LogP contribution is 2.37. The van der Waals surface area contributed by atoms with E-state index in [9.17, 15) is 9.59 Å². The summed E-state index contributed by atoms with van der Waals surface area (Å²) in [5, 5.41) is 5.03. The van der Waals surface area contributed by atoms with Gasteiger partial charge >= 0.3 is 0 Å². The van der Waals surface area contributed by atoms with Gasteiger partial charge in [0.05, 0.1) is 12.0 Å². The second-order valence-electron chi connectivity index (χ2n) is 6.06. The summed E-state index contributed by atoms with van der Waals surface area (Å²) in [7, 11) is 5.85. The Bertz CT molecular complexity index is 501. The van der Waals surface area contributed by atoms with Gasteiger partial charge in [0.2, 0.25) is 11.8 Å². The summed E-state index contributed by atoms with van der Waals surface area (Å²) >= 11 is 1.61. The van der Waals surface area contributed by atoms with Gasteiger partial charge in [-0.25, -0.2) is 0 Å². The van der Waals surface area contributed by atoms with E-state index in [-0.39, 0.29) is 23.8 Å². The number of amides is 2. The van der Waals surface area contributed by atoms with Crippen LogP contribution in [0.15, 0.2) is 17.5 Å². The fourth-order valence-corrected chi connectivity index (χ4v) is 3.83. The van der Waals surface area contributed by atoms with Crippen molar-refractivity contribution < 1.29 is 9.59 Å². The molecule has 1 aliphatic rings. The van der Waals surface area contributed by atoms with Gasteiger partial charge in [-0.2, -0.15) is 0 Å². The first-order valence-corrected chi connectivity index (χ1v) is 8.60. The zero-order valence-corrected chi connectivity index (χ0v) is 14.4. The molecule has 0 aliphatic carbocycles. The number of piperidine rings is 1. The minimum Gasteiger partial charge on any atom is -0.356 e. The van der Waals surface area contributed by atoms with Gasteiger partial charge in [-0.3, -0.25) is 9.59 Å². The van der Waals surface area contributed by atoms with Crippen molar-refractivity contribution in [3.05, 3.63) is 22.4 Å². The molecule has 0 bridgehead atoms. The fourth-order valence-electron chi connectivity index (χ4n) is 2.90. The fraction of sp³-hybridized carbons (Fsp3) is 0.625. The SMILES string of the molecule is CN(C)CCCNC(=O)C1CCC(=O)N(C)C1c1cccs1. The topological polar surface area (TPSA) is 52.7 Å². The van der Waals surface area contributed by atoms with Crippen LogP contribution in [0.25, 0.3) is 0 Å². The van der Waals surface area contributed by atoms with E-state index in [0.717, 1.165) is 17.8 Å². The summed E-state index contributed by atoms with van der Waals surface area (Å²) in [5.41, 5.74) is 0. The predicted octanol–water partition coefficient (Wildman–Crippen LogP) is 1.73. The normalized spacial score (nSPS) is 22.2. The van der Waals surface area contributed by atoms with E-state index in [2.05, 4.69) is 10.2 Å². The molecule has 1 aromatic rings. The summed E-state index contributed by atoms with van der Waals surface area (Å²) in [4.78, 5) is 29.5. The second-order valence-corrected chi connectivity index (χ2v) is 7.04. The summed E-state index contributed by atoms with van der Waals surface area (Å²) < 4.78 is 0. The Morgan fingerprint density at radius 3 is 2.91 bits per heavy atom. The van der Waals surface area contributed by atoms with E-state index in [4.69, 9.17) is 0 Å². The van der Waals surface area contributed by atoms with Gasteiger partial charge in [0.1, 0.15) is 0 Å². The average Bonchev–Trinajstić information content (AvgIpc) is 2.99. The van der Waals surface area contributed by atoms with E-state index in [1.807, 2.05) is 31.6 Å². The highest BCUT2D eigenvalue weighted by atomic mass is 32.1. The molecule has 2 rings (SSSR count). The number of nitrogens with one attached hydrogen (secondary N) is 1. The molecule has 2 unspecified atom stereocenters. The predicted molar refractivity (Wildman–Crippen MR) is 88.7 cm³/mol. The van der Waals surface area contributed by atoms with Crippen LogP contribution in [-0.4, -0.2) is 55.8 Å². The van der Waals surface area contributed by atoms with E-state index in [1.54, 1.807) is 23.3 Å². The molecule has 1 aliphatic heterocycles. The molecule has 0 aromatic carbocycles. The summed E-state index contributed by atoms with van der Waals surface area (Å²) in [6.45, 7) is 1.64. The van der Waals surface area contributed by atoms with Crippen LogP contribution in [0.5, 0.6) is 0 Å². The van der Waals surface area contributed by atoms with Crippen molar-refractivity contribution in [2.45, 2.75) is 25.3 Å². The lowest BCUT2D eigenvalue weighted by Crippen LogP contribution is -2.46. The Balaban J connectivity index is 2.00. The first-order chi connectivity index (χ1) is 10.5. The number of carbonyl (C=O) groups excluding carboxylic acids is 2. The molecular weight excluding hydrogens is 298 g/mol. The second kappa shape index (κ2) is 7.74. The number of nitrogens with zero attached hydrogens (tertiary/aromatic N) is 2. The molecule has 2 heterocycles. The van der Waals surface area contributed by atoms with E-state index in [1.165, 1.54) is 0 Å². The minimum absolute atomic E-state index is 0.0662. The maximum atomic E-state index is 12.5. The third-order valence-electron chi connectivity index (χ3n) is 4.11. The van der Waals surface area contributed by atoms with Crippen LogP contribution in [0.1, 0.15) is 30.2 Å². The van der Waals surface area contributed by atoms with Gasteiger partial charge in [0, 0.05) is 24.9 Å². The van der Waals surface area contributed by atoms with Gasteiger partial charge in [-0.05, 0) is 44.9 Å². The first-order valence-electron chi connectivity index (χ1n) is 7.72. The molecule has 122 valence electrons. The Hall–Kier alpha value is -1.40. The lowest BCUT2D eigenvalue weighted by molar-refractivity contribution is -0.141. The molecule has 1 saturated heterocycles. The monoisotopic (exact) mass is 323 g/mol. The van der Waals surface area contributed by atoms with Crippen molar-refractivity contribution in [1.82, 2.24) is 15.1 Å². The lowest BCUT2D eigenvalue weighted by atomic mass is 9.87. The van der Waals surface area contributed by atoms with E-state index >= 15 is 0 Å². The third kappa shape index (κ3) is 4.08. The number of hydrogen-bond donors (Lipinski definition) is 1.